The first-order chi connectivity index (χ1) is 13.8. The van der Waals surface area contributed by atoms with Crippen molar-refractivity contribution < 1.29 is 19.4 Å². The molecule has 0 saturated carbocycles. The number of nitrogens with one attached hydrogen (secondary N) is 2. The molecule has 0 aliphatic carbocycles. The lowest BCUT2D eigenvalue weighted by Gasteiger charge is -2.34. The molecule has 0 radical (unpaired) electrons. The molecule has 1 aliphatic heterocycles. The largest absolute Gasteiger partial charge is 0.384 e. The van der Waals surface area contributed by atoms with Crippen molar-refractivity contribution in [1.29, 1.82) is 5.41 Å². The van der Waals surface area contributed by atoms with Gasteiger partial charge in [-0.2, -0.15) is 0 Å². The number of amidine groups is 1. The highest BCUT2D eigenvalue weighted by molar-refractivity contribution is 6.04. The molecule has 2 atom stereocenters. The highest BCUT2D eigenvalue weighted by atomic mass is 35.5. The van der Waals surface area contributed by atoms with Crippen molar-refractivity contribution in [2.75, 3.05) is 23.4 Å². The Balaban J connectivity index is 0.00000320. The molecule has 0 bridgehead atoms. The summed E-state index contributed by atoms with van der Waals surface area (Å²) in [5.74, 6) is -1.30. The first-order valence-electron chi connectivity index (χ1n) is 9.21. The van der Waals surface area contributed by atoms with Crippen LogP contribution in [0.15, 0.2) is 42.5 Å². The molecule has 1 fully saturated rings. The second-order valence-corrected chi connectivity index (χ2v) is 7.00. The molecule has 30 heavy (non-hydrogen) atoms. The number of aryl methyl sites for hydroxylation is 2. The number of anilines is 2. The van der Waals surface area contributed by atoms with Crippen LogP contribution in [-0.4, -0.2) is 48.1 Å². The number of halogens is 1. The highest BCUT2D eigenvalue weighted by Crippen LogP contribution is 2.25. The molecule has 5 N–H and O–H groups in total. The van der Waals surface area contributed by atoms with E-state index in [-0.39, 0.29) is 24.8 Å². The predicted octanol–water partition coefficient (Wildman–Crippen LogP) is 1.74. The van der Waals surface area contributed by atoms with Crippen molar-refractivity contribution in [3.8, 4) is 0 Å². The Kier molecular flexibility index (Phi) is 7.55. The maximum Gasteiger partial charge on any atom is 0.259 e. The molecule has 3 rings (SSSR count). The second kappa shape index (κ2) is 9.71. The van der Waals surface area contributed by atoms with Gasteiger partial charge < -0.3 is 25.8 Å². The van der Waals surface area contributed by atoms with Gasteiger partial charge in [0.05, 0.1) is 6.61 Å². The maximum absolute atomic E-state index is 12.9. The number of amides is 2. The van der Waals surface area contributed by atoms with Gasteiger partial charge in [-0.1, -0.05) is 17.7 Å². The topological polar surface area (TPSA) is 129 Å². The molecule has 1 saturated heterocycles. The summed E-state index contributed by atoms with van der Waals surface area (Å²) in [6, 6.07) is 12.0. The van der Waals surface area contributed by atoms with E-state index in [1.807, 2.05) is 32.0 Å². The van der Waals surface area contributed by atoms with Gasteiger partial charge in [0.1, 0.15) is 5.84 Å². The summed E-state index contributed by atoms with van der Waals surface area (Å²) in [6.07, 6.45) is -2.95. The molecule has 1 unspecified atom stereocenters. The summed E-state index contributed by atoms with van der Waals surface area (Å²) in [5, 5.41) is 20.4. The van der Waals surface area contributed by atoms with Crippen molar-refractivity contribution >= 4 is 41.4 Å². The number of nitrogen functional groups attached to an aromatic ring is 1. The number of nitrogens with two attached hydrogens (primary N) is 1. The van der Waals surface area contributed by atoms with Gasteiger partial charge in [-0.05, 0) is 49.7 Å². The minimum Gasteiger partial charge on any atom is -0.384 e. The molecular formula is C21H25ClN4O4. The van der Waals surface area contributed by atoms with Gasteiger partial charge in [0.15, 0.2) is 12.2 Å². The van der Waals surface area contributed by atoms with Gasteiger partial charge >= 0.3 is 0 Å². The zero-order valence-electron chi connectivity index (χ0n) is 16.7. The van der Waals surface area contributed by atoms with Gasteiger partial charge in [0.25, 0.3) is 11.8 Å². The van der Waals surface area contributed by atoms with E-state index < -0.39 is 24.0 Å². The van der Waals surface area contributed by atoms with Crippen molar-refractivity contribution in [3.05, 3.63) is 59.2 Å². The van der Waals surface area contributed by atoms with Gasteiger partial charge in [0, 0.05) is 23.5 Å². The zero-order valence-corrected chi connectivity index (χ0v) is 17.5. The van der Waals surface area contributed by atoms with Crippen LogP contribution in [-0.2, 0) is 14.3 Å². The third-order valence-corrected chi connectivity index (χ3v) is 4.78. The average Bonchev–Trinajstić information content (AvgIpc) is 2.68. The number of aliphatic hydroxyl groups excluding tert-OH is 1. The number of rotatable bonds is 5. The van der Waals surface area contributed by atoms with E-state index in [1.165, 1.54) is 0 Å². The fraction of sp³-hybridized carbons (Fsp3) is 0.286. The van der Waals surface area contributed by atoms with E-state index in [9.17, 15) is 14.7 Å². The molecule has 1 aliphatic rings. The Morgan fingerprint density at radius 1 is 1.27 bits per heavy atom. The number of hydrogen-bond donors (Lipinski definition) is 4. The van der Waals surface area contributed by atoms with Gasteiger partial charge in [-0.15, -0.1) is 12.4 Å². The summed E-state index contributed by atoms with van der Waals surface area (Å²) in [5.41, 5.74) is 9.08. The number of carbonyl (C=O) groups is 2. The second-order valence-electron chi connectivity index (χ2n) is 7.00. The third kappa shape index (κ3) is 4.96. The standard InChI is InChI=1S/C21H24N4O4.ClH/c1-12-3-8-16(13(2)11-12)25-9-10-29-18(21(25)28)17(26)20(27)24-15-6-4-14(5-7-15)19(22)23;/h3-8,11,17-18,26H,9-10H2,1-2H3,(H3,22,23)(H,24,27);1H/t17?,18-;/m1./s1. The van der Waals surface area contributed by atoms with E-state index in [1.54, 1.807) is 29.2 Å². The number of hydrogen-bond acceptors (Lipinski definition) is 5. The number of benzene rings is 2. The van der Waals surface area contributed by atoms with Crippen LogP contribution >= 0.6 is 12.4 Å². The minimum atomic E-state index is -1.66. The van der Waals surface area contributed by atoms with Crippen LogP contribution in [0.4, 0.5) is 11.4 Å². The normalized spacial score (nSPS) is 17.1. The van der Waals surface area contributed by atoms with Crippen LogP contribution in [0.1, 0.15) is 16.7 Å². The van der Waals surface area contributed by atoms with E-state index in [2.05, 4.69) is 5.32 Å². The van der Waals surface area contributed by atoms with Gasteiger partial charge in [0.2, 0.25) is 0 Å². The molecule has 2 amide bonds. The summed E-state index contributed by atoms with van der Waals surface area (Å²) in [7, 11) is 0. The van der Waals surface area contributed by atoms with Crippen molar-refractivity contribution in [1.82, 2.24) is 0 Å². The van der Waals surface area contributed by atoms with Gasteiger partial charge in [-0.25, -0.2) is 0 Å². The number of morpholine rings is 1. The Hall–Kier alpha value is -2.94. The first-order valence-corrected chi connectivity index (χ1v) is 9.21. The van der Waals surface area contributed by atoms with E-state index in [4.69, 9.17) is 15.9 Å². The molecule has 160 valence electrons. The van der Waals surface area contributed by atoms with Gasteiger partial charge in [-0.3, -0.25) is 15.0 Å². The van der Waals surface area contributed by atoms with E-state index in [0.29, 0.717) is 17.8 Å². The summed E-state index contributed by atoms with van der Waals surface area (Å²) in [4.78, 5) is 26.9. The van der Waals surface area contributed by atoms with Crippen LogP contribution in [0, 0.1) is 19.3 Å². The highest BCUT2D eigenvalue weighted by Gasteiger charge is 2.39. The quantitative estimate of drug-likeness (QED) is 0.422. The molecular weight excluding hydrogens is 408 g/mol. The molecule has 0 aromatic heterocycles. The number of aliphatic hydroxyl groups is 1. The Labute approximate surface area is 180 Å². The molecule has 0 spiro atoms. The van der Waals surface area contributed by atoms with Crippen LogP contribution in [0.25, 0.3) is 0 Å². The van der Waals surface area contributed by atoms with Crippen LogP contribution in [0.3, 0.4) is 0 Å². The summed E-state index contributed by atoms with van der Waals surface area (Å²) < 4.78 is 5.43. The van der Waals surface area contributed by atoms with E-state index >= 15 is 0 Å². The first kappa shape index (κ1) is 23.3. The Bertz CT molecular complexity index is 949. The predicted molar refractivity (Wildman–Crippen MR) is 117 cm³/mol. The molecule has 2 aromatic rings. The molecule has 1 heterocycles. The van der Waals surface area contributed by atoms with Crippen molar-refractivity contribution in [2.45, 2.75) is 26.1 Å². The summed E-state index contributed by atoms with van der Waals surface area (Å²) >= 11 is 0. The fourth-order valence-electron chi connectivity index (χ4n) is 3.27. The third-order valence-electron chi connectivity index (χ3n) is 4.78. The Morgan fingerprint density at radius 2 is 1.93 bits per heavy atom. The number of carbonyl (C=O) groups excluding carboxylic acids is 2. The van der Waals surface area contributed by atoms with Crippen LogP contribution in [0.2, 0.25) is 0 Å². The average molecular weight is 433 g/mol. The minimum absolute atomic E-state index is 0. The maximum atomic E-state index is 12.9. The number of nitrogens with zero attached hydrogens (tertiary/aromatic N) is 1. The summed E-state index contributed by atoms with van der Waals surface area (Å²) in [6.45, 7) is 4.44. The zero-order chi connectivity index (χ0) is 21.1. The SMILES string of the molecule is Cc1ccc(N2CCO[C@H](C(O)C(=O)Nc3ccc(C(=N)N)cc3)C2=O)c(C)c1.Cl. The van der Waals surface area contributed by atoms with E-state index in [0.717, 1.165) is 16.8 Å². The lowest BCUT2D eigenvalue weighted by molar-refractivity contribution is -0.150. The monoisotopic (exact) mass is 432 g/mol. The molecule has 9 heteroatoms. The van der Waals surface area contributed by atoms with Crippen molar-refractivity contribution in [2.24, 2.45) is 5.73 Å². The fourth-order valence-corrected chi connectivity index (χ4v) is 3.27. The van der Waals surface area contributed by atoms with Crippen LogP contribution in [0.5, 0.6) is 0 Å². The lowest BCUT2D eigenvalue weighted by atomic mass is 10.1. The van der Waals surface area contributed by atoms with Crippen LogP contribution < -0.4 is 16.0 Å². The number of ether oxygens (including phenoxy) is 1. The molecule has 2 aromatic carbocycles. The lowest BCUT2D eigenvalue weighted by Crippen LogP contribution is -2.55. The van der Waals surface area contributed by atoms with Crippen molar-refractivity contribution in [3.63, 3.8) is 0 Å². The smallest absolute Gasteiger partial charge is 0.259 e. The molecule has 8 nitrogen and oxygen atoms in total. The Morgan fingerprint density at radius 3 is 2.53 bits per heavy atom.